The van der Waals surface area contributed by atoms with Gasteiger partial charge in [0, 0.05) is 10.7 Å². The number of nitrogens with two attached hydrogens (primary N) is 1. The maximum atomic E-state index is 14.0. The van der Waals surface area contributed by atoms with Crippen LogP contribution in [0.5, 0.6) is 0 Å². The molecule has 0 aromatic carbocycles. The molecular weight excluding hydrogens is 473 g/mol. The number of nitrogens with zero attached hydrogens (tertiary/aromatic N) is 3. The van der Waals surface area contributed by atoms with Crippen LogP contribution in [-0.2, 0) is 19.2 Å². The number of aliphatic carboxylic acids is 1. The van der Waals surface area contributed by atoms with E-state index in [2.05, 4.69) is 20.3 Å². The topological polar surface area (TPSA) is 167 Å². The number of halogens is 1. The Kier molecular flexibility index (Phi) is 7.19. The van der Waals surface area contributed by atoms with Crippen molar-refractivity contribution in [2.24, 2.45) is 5.16 Å². The number of aliphatic hydroxyl groups is 1. The molecule has 5 N–H and O–H groups in total. The van der Waals surface area contributed by atoms with Crippen molar-refractivity contribution in [1.82, 2.24) is 15.2 Å². The summed E-state index contributed by atoms with van der Waals surface area (Å²) in [5, 5.41) is 24.2. The standard InChI is InChI=1S/C16H16FN5O6S3/c1-28-21-8(7-11(17)31-16(18)20-7)12(24)19-9-13(25)22-10(15(26)27)6(5-30-14(9)22)29-4-2-3-23/h2,4,9,14,23H,3,5H2,1H3,(H2,18,20)(H,19,24)(H,26,27)/b4-2-,21-8-/t9?,14-/m1/s1. The zero-order chi connectivity index (χ0) is 22.7. The number of rotatable bonds is 8. The molecule has 3 heterocycles. The van der Waals surface area contributed by atoms with Crippen LogP contribution in [0.3, 0.4) is 0 Å². The van der Waals surface area contributed by atoms with E-state index in [1.165, 1.54) is 23.2 Å². The molecule has 1 saturated heterocycles. The number of thiazole rings is 1. The number of carbonyl (C=O) groups excluding carboxylic acids is 2. The van der Waals surface area contributed by atoms with Gasteiger partial charge in [-0.1, -0.05) is 34.3 Å². The summed E-state index contributed by atoms with van der Waals surface area (Å²) in [4.78, 5) is 46.9. The van der Waals surface area contributed by atoms with Gasteiger partial charge >= 0.3 is 5.97 Å². The van der Waals surface area contributed by atoms with Crippen LogP contribution in [0.15, 0.2) is 27.2 Å². The minimum absolute atomic E-state index is 0.116. The Morgan fingerprint density at radius 3 is 2.87 bits per heavy atom. The number of anilines is 1. The van der Waals surface area contributed by atoms with Crippen molar-refractivity contribution < 1.29 is 33.8 Å². The lowest BCUT2D eigenvalue weighted by molar-refractivity contribution is -0.150. The Morgan fingerprint density at radius 1 is 1.55 bits per heavy atom. The number of carboxylic acid groups (broad SMARTS) is 1. The molecule has 166 valence electrons. The summed E-state index contributed by atoms with van der Waals surface area (Å²) >= 11 is 2.86. The SMILES string of the molecule is CO/N=C(\C(=O)NC1C(=O)N2C(C(=O)O)=C(S/C=C\CO)CS[C@H]12)c1nc(N)sc1F. The molecule has 2 aliphatic rings. The number of hydrogen-bond acceptors (Lipinski definition) is 11. The fraction of sp³-hybridized carbons (Fsp3) is 0.312. The number of aromatic nitrogens is 1. The lowest BCUT2D eigenvalue weighted by Crippen LogP contribution is -2.71. The van der Waals surface area contributed by atoms with E-state index in [1.807, 2.05) is 0 Å². The minimum atomic E-state index is -1.29. The van der Waals surface area contributed by atoms with Crippen molar-refractivity contribution in [3.05, 3.63) is 32.9 Å². The minimum Gasteiger partial charge on any atom is -0.477 e. The van der Waals surface area contributed by atoms with E-state index in [9.17, 15) is 23.9 Å². The molecule has 1 fully saturated rings. The summed E-state index contributed by atoms with van der Waals surface area (Å²) in [6.45, 7) is -0.203. The molecule has 2 atom stereocenters. The van der Waals surface area contributed by atoms with E-state index >= 15 is 0 Å². The molecule has 0 bridgehead atoms. The lowest BCUT2D eigenvalue weighted by Gasteiger charge is -2.49. The van der Waals surface area contributed by atoms with Gasteiger partial charge in [0.25, 0.3) is 11.8 Å². The highest BCUT2D eigenvalue weighted by Crippen LogP contribution is 2.43. The van der Waals surface area contributed by atoms with Crippen molar-refractivity contribution in [2.75, 3.05) is 25.2 Å². The molecule has 2 aliphatic heterocycles. The second kappa shape index (κ2) is 9.67. The molecule has 0 radical (unpaired) electrons. The van der Waals surface area contributed by atoms with Crippen LogP contribution in [0.2, 0.25) is 0 Å². The van der Waals surface area contributed by atoms with Gasteiger partial charge in [-0.15, -0.1) is 11.8 Å². The third kappa shape index (κ3) is 4.53. The second-order valence-corrected chi connectivity index (χ2v) is 8.99. The van der Waals surface area contributed by atoms with E-state index in [0.29, 0.717) is 16.2 Å². The van der Waals surface area contributed by atoms with E-state index in [1.54, 1.807) is 0 Å². The molecule has 3 rings (SSSR count). The third-order valence-corrected chi connectivity index (χ3v) is 7.15. The number of thioether (sulfide) groups is 2. The van der Waals surface area contributed by atoms with Gasteiger partial charge in [0.15, 0.2) is 10.8 Å². The molecule has 0 aliphatic carbocycles. The smallest absolute Gasteiger partial charge is 0.353 e. The molecule has 15 heteroatoms. The zero-order valence-electron chi connectivity index (χ0n) is 15.8. The third-order valence-electron chi connectivity index (χ3n) is 4.06. The molecular formula is C16H16FN5O6S3. The molecule has 2 amide bonds. The molecule has 31 heavy (non-hydrogen) atoms. The highest BCUT2D eigenvalue weighted by Gasteiger charge is 2.54. The summed E-state index contributed by atoms with van der Waals surface area (Å²) in [7, 11) is 1.16. The maximum Gasteiger partial charge on any atom is 0.353 e. The van der Waals surface area contributed by atoms with E-state index < -0.39 is 45.7 Å². The summed E-state index contributed by atoms with van der Waals surface area (Å²) in [5.41, 5.74) is 4.36. The first kappa shape index (κ1) is 23.1. The Bertz CT molecular complexity index is 1010. The first-order valence-corrected chi connectivity index (χ1v) is 11.2. The first-order valence-electron chi connectivity index (χ1n) is 8.48. The maximum absolute atomic E-state index is 14.0. The van der Waals surface area contributed by atoms with Crippen molar-refractivity contribution in [3.8, 4) is 0 Å². The van der Waals surface area contributed by atoms with Crippen LogP contribution in [-0.4, -0.2) is 74.5 Å². The Labute approximate surface area is 187 Å². The van der Waals surface area contributed by atoms with Crippen LogP contribution >= 0.6 is 34.9 Å². The number of carbonyl (C=O) groups is 3. The van der Waals surface area contributed by atoms with Gasteiger partial charge < -0.3 is 26.1 Å². The van der Waals surface area contributed by atoms with E-state index in [0.717, 1.165) is 23.8 Å². The highest BCUT2D eigenvalue weighted by molar-refractivity contribution is 8.08. The largest absolute Gasteiger partial charge is 0.477 e. The van der Waals surface area contributed by atoms with Crippen molar-refractivity contribution in [1.29, 1.82) is 0 Å². The highest BCUT2D eigenvalue weighted by atomic mass is 32.2. The predicted molar refractivity (Wildman–Crippen MR) is 114 cm³/mol. The number of amides is 2. The summed E-state index contributed by atoms with van der Waals surface area (Å²) in [5.74, 6) is -2.57. The predicted octanol–water partition coefficient (Wildman–Crippen LogP) is 0.150. The van der Waals surface area contributed by atoms with Crippen LogP contribution in [0.25, 0.3) is 0 Å². The van der Waals surface area contributed by atoms with E-state index in [4.69, 9.17) is 10.8 Å². The molecule has 11 nitrogen and oxygen atoms in total. The average molecular weight is 490 g/mol. The molecule has 1 unspecified atom stereocenters. The summed E-state index contributed by atoms with van der Waals surface area (Å²) < 4.78 is 14.0. The van der Waals surface area contributed by atoms with Gasteiger partial charge in [-0.05, 0) is 5.41 Å². The zero-order valence-corrected chi connectivity index (χ0v) is 18.2. The van der Waals surface area contributed by atoms with Crippen molar-refractivity contribution in [2.45, 2.75) is 11.4 Å². The number of nitrogen functional groups attached to an aromatic ring is 1. The normalized spacial score (nSPS) is 21.2. The monoisotopic (exact) mass is 489 g/mol. The van der Waals surface area contributed by atoms with Gasteiger partial charge in [0.1, 0.15) is 29.9 Å². The number of oxime groups is 1. The van der Waals surface area contributed by atoms with Crippen LogP contribution in [0.4, 0.5) is 9.52 Å². The number of hydrogen-bond donors (Lipinski definition) is 4. The molecule has 0 spiro atoms. The number of carboxylic acids is 1. The van der Waals surface area contributed by atoms with Crippen LogP contribution in [0, 0.1) is 5.13 Å². The Morgan fingerprint density at radius 2 is 2.29 bits per heavy atom. The second-order valence-electron chi connectivity index (χ2n) is 5.91. The Hall–Kier alpha value is -2.62. The van der Waals surface area contributed by atoms with Crippen LogP contribution in [0.1, 0.15) is 5.69 Å². The van der Waals surface area contributed by atoms with Gasteiger partial charge in [-0.2, -0.15) is 4.39 Å². The summed E-state index contributed by atoms with van der Waals surface area (Å²) in [6.07, 6.45) is 1.44. The fourth-order valence-electron chi connectivity index (χ4n) is 2.81. The van der Waals surface area contributed by atoms with Gasteiger partial charge in [0.2, 0.25) is 5.13 Å². The number of fused-ring (bicyclic) bond motifs is 1. The number of nitrogens with one attached hydrogen (secondary N) is 1. The molecule has 0 saturated carbocycles. The van der Waals surface area contributed by atoms with Gasteiger partial charge in [0.05, 0.1) is 6.61 Å². The molecule has 1 aromatic heterocycles. The average Bonchev–Trinajstić information content (AvgIpc) is 3.06. The van der Waals surface area contributed by atoms with E-state index in [-0.39, 0.29) is 23.2 Å². The number of aliphatic hydroxyl groups excluding tert-OH is 1. The van der Waals surface area contributed by atoms with Crippen molar-refractivity contribution in [3.63, 3.8) is 0 Å². The Balaban J connectivity index is 1.79. The quantitative estimate of drug-likeness (QED) is 0.224. The van der Waals surface area contributed by atoms with Gasteiger partial charge in [-0.25, -0.2) is 9.78 Å². The van der Waals surface area contributed by atoms with Crippen LogP contribution < -0.4 is 11.1 Å². The van der Waals surface area contributed by atoms with Crippen molar-refractivity contribution >= 4 is 63.5 Å². The lowest BCUT2D eigenvalue weighted by atomic mass is 10.0. The van der Waals surface area contributed by atoms with Gasteiger partial charge in [-0.3, -0.25) is 14.5 Å². The summed E-state index contributed by atoms with van der Waals surface area (Å²) in [6, 6.07) is -1.05. The molecule has 1 aromatic rings. The fourth-order valence-corrected chi connectivity index (χ4v) is 5.68. The number of β-lactam (4-membered cyclic amide) rings is 1. The first-order chi connectivity index (χ1) is 14.8.